The summed E-state index contributed by atoms with van der Waals surface area (Å²) in [5.74, 6) is -6.37. The Hall–Kier alpha value is -3.71. The number of hydrogen-bond donors (Lipinski definition) is 0. The second-order valence-corrected chi connectivity index (χ2v) is 7.92. The smallest absolute Gasteiger partial charge is 0.303 e. The first-order valence-electron chi connectivity index (χ1n) is 10.8. The molecule has 36 heavy (non-hydrogen) atoms. The average Bonchev–Trinajstić information content (AvgIpc) is 2.68. The molecule has 1 rings (SSSR count). The topological polar surface area (TPSA) is 184 Å². The molecular formula is C22H30O14. The summed E-state index contributed by atoms with van der Waals surface area (Å²) < 4.78 is 37.3. The molecule has 1 aliphatic rings. The predicted octanol–water partition coefficient (Wildman–Crippen LogP) is -0.0864. The lowest BCUT2D eigenvalue weighted by Crippen LogP contribution is -2.75. The van der Waals surface area contributed by atoms with Crippen LogP contribution in [0.25, 0.3) is 0 Å². The zero-order valence-corrected chi connectivity index (χ0v) is 21.0. The lowest BCUT2D eigenvalue weighted by molar-refractivity contribution is -0.292. The Morgan fingerprint density at radius 3 is 1.17 bits per heavy atom. The highest BCUT2D eigenvalue weighted by Crippen LogP contribution is 2.43. The molecule has 0 bridgehead atoms. The first-order chi connectivity index (χ1) is 16.6. The van der Waals surface area contributed by atoms with Crippen LogP contribution in [0.2, 0.25) is 0 Å². The molecule has 0 spiro atoms. The second kappa shape index (κ2) is 12.8. The van der Waals surface area contributed by atoms with E-state index >= 15 is 0 Å². The molecule has 14 heteroatoms. The van der Waals surface area contributed by atoms with Gasteiger partial charge in [-0.25, -0.2) is 0 Å². The molecule has 1 aliphatic carbocycles. The first kappa shape index (κ1) is 30.3. The molecule has 202 valence electrons. The molecule has 0 N–H and O–H groups in total. The van der Waals surface area contributed by atoms with Crippen LogP contribution in [0, 0.1) is 0 Å². The van der Waals surface area contributed by atoms with Gasteiger partial charge in [-0.15, -0.1) is 0 Å². The molecule has 0 saturated heterocycles. The van der Waals surface area contributed by atoms with Gasteiger partial charge in [0.05, 0.1) is 6.61 Å². The number of ether oxygens (including phenoxy) is 7. The van der Waals surface area contributed by atoms with Crippen LogP contribution in [0.5, 0.6) is 0 Å². The van der Waals surface area contributed by atoms with Gasteiger partial charge in [0.25, 0.3) is 0 Å². The van der Waals surface area contributed by atoms with Crippen molar-refractivity contribution in [2.75, 3.05) is 6.61 Å². The molecular weight excluding hydrogens is 488 g/mol. The summed E-state index contributed by atoms with van der Waals surface area (Å²) in [4.78, 5) is 84.0. The standard InChI is InChI=1S/C22H30O14/c1-10(23)30-9-8-22(36-16(7)29)20(34-14(5)27)18(32-12(3)25)17(31-11(2)24)19(33-13(4)26)21(22)35-15(6)28/h17-21H,8-9H2,1-7H3/t17?,18?,19?,20-,21?,22?/m0/s1. The van der Waals surface area contributed by atoms with Gasteiger partial charge in [0.1, 0.15) is 0 Å². The molecule has 0 radical (unpaired) electrons. The van der Waals surface area contributed by atoms with E-state index in [1.807, 2.05) is 0 Å². The molecule has 0 amide bonds. The number of esters is 7. The molecule has 1 fully saturated rings. The van der Waals surface area contributed by atoms with E-state index < -0.39 is 90.9 Å². The number of rotatable bonds is 9. The molecule has 0 aliphatic heterocycles. The normalized spacial score (nSPS) is 27.0. The van der Waals surface area contributed by atoms with Crippen molar-refractivity contribution < 1.29 is 66.7 Å². The van der Waals surface area contributed by atoms with Crippen molar-refractivity contribution in [2.24, 2.45) is 0 Å². The summed E-state index contributed by atoms with van der Waals surface area (Å²) in [5, 5.41) is 0. The maximum absolute atomic E-state index is 12.3. The lowest BCUT2D eigenvalue weighted by atomic mass is 9.72. The van der Waals surface area contributed by atoms with Gasteiger partial charge in [-0.2, -0.15) is 0 Å². The Morgan fingerprint density at radius 1 is 0.500 bits per heavy atom. The third-order valence-electron chi connectivity index (χ3n) is 4.83. The molecule has 5 unspecified atom stereocenters. The van der Waals surface area contributed by atoms with Crippen molar-refractivity contribution >= 4 is 41.8 Å². The fourth-order valence-corrected chi connectivity index (χ4v) is 3.98. The zero-order chi connectivity index (χ0) is 27.8. The van der Waals surface area contributed by atoms with Crippen LogP contribution in [0.15, 0.2) is 0 Å². The van der Waals surface area contributed by atoms with Gasteiger partial charge in [-0.05, 0) is 0 Å². The Kier molecular flexibility index (Phi) is 10.8. The van der Waals surface area contributed by atoms with Crippen LogP contribution in [0.4, 0.5) is 0 Å². The van der Waals surface area contributed by atoms with Crippen LogP contribution in [-0.4, -0.2) is 84.5 Å². The van der Waals surface area contributed by atoms with E-state index in [1.54, 1.807) is 0 Å². The van der Waals surface area contributed by atoms with Crippen LogP contribution >= 0.6 is 0 Å². The Balaban J connectivity index is 4.01. The minimum Gasteiger partial charge on any atom is -0.466 e. The molecule has 0 aromatic carbocycles. The Labute approximate surface area is 206 Å². The van der Waals surface area contributed by atoms with Crippen molar-refractivity contribution in [2.45, 2.75) is 91.0 Å². The summed E-state index contributed by atoms with van der Waals surface area (Å²) in [6, 6.07) is 0. The third kappa shape index (κ3) is 8.20. The summed E-state index contributed by atoms with van der Waals surface area (Å²) >= 11 is 0. The highest BCUT2D eigenvalue weighted by molar-refractivity contribution is 5.71. The summed E-state index contributed by atoms with van der Waals surface area (Å²) in [7, 11) is 0. The largest absolute Gasteiger partial charge is 0.466 e. The van der Waals surface area contributed by atoms with Gasteiger partial charge in [0.15, 0.2) is 36.1 Å². The Morgan fingerprint density at radius 2 is 0.861 bits per heavy atom. The van der Waals surface area contributed by atoms with Crippen molar-refractivity contribution in [1.82, 2.24) is 0 Å². The van der Waals surface area contributed by atoms with Gasteiger partial charge < -0.3 is 33.2 Å². The van der Waals surface area contributed by atoms with Crippen molar-refractivity contribution in [3.63, 3.8) is 0 Å². The second-order valence-electron chi connectivity index (χ2n) is 7.92. The maximum Gasteiger partial charge on any atom is 0.303 e. The number of carbonyl (C=O) groups is 7. The van der Waals surface area contributed by atoms with E-state index in [1.165, 1.54) is 0 Å². The maximum atomic E-state index is 12.3. The quantitative estimate of drug-likeness (QED) is 0.291. The van der Waals surface area contributed by atoms with Crippen LogP contribution in [-0.2, 0) is 66.7 Å². The minimum absolute atomic E-state index is 0.462. The van der Waals surface area contributed by atoms with E-state index in [0.717, 1.165) is 48.5 Å². The fourth-order valence-electron chi connectivity index (χ4n) is 3.98. The van der Waals surface area contributed by atoms with Crippen LogP contribution in [0.1, 0.15) is 54.9 Å². The van der Waals surface area contributed by atoms with Crippen LogP contribution < -0.4 is 0 Å². The van der Waals surface area contributed by atoms with Crippen molar-refractivity contribution in [3.8, 4) is 0 Å². The summed E-state index contributed by atoms with van der Waals surface area (Å²) in [6.45, 7) is 6.63. The number of hydrogen-bond acceptors (Lipinski definition) is 14. The van der Waals surface area contributed by atoms with Gasteiger partial charge in [-0.1, -0.05) is 0 Å². The van der Waals surface area contributed by atoms with Gasteiger partial charge >= 0.3 is 41.8 Å². The SMILES string of the molecule is CC(=O)OCCC1(OC(C)=O)C(OC(C)=O)C(OC(C)=O)C(OC(C)=O)C(OC(C)=O)[C@@H]1OC(C)=O. The Bertz CT molecular complexity index is 849. The van der Waals surface area contributed by atoms with Crippen molar-refractivity contribution in [3.05, 3.63) is 0 Å². The zero-order valence-electron chi connectivity index (χ0n) is 21.0. The number of carbonyl (C=O) groups excluding carboxylic acids is 7. The minimum atomic E-state index is -2.24. The molecule has 0 aromatic heterocycles. The van der Waals surface area contributed by atoms with E-state index in [9.17, 15) is 33.6 Å². The van der Waals surface area contributed by atoms with E-state index in [-0.39, 0.29) is 0 Å². The average molecular weight is 518 g/mol. The van der Waals surface area contributed by atoms with Crippen molar-refractivity contribution in [1.29, 1.82) is 0 Å². The lowest BCUT2D eigenvalue weighted by Gasteiger charge is -2.53. The predicted molar refractivity (Wildman–Crippen MR) is 114 cm³/mol. The molecule has 6 atom stereocenters. The van der Waals surface area contributed by atoms with Gasteiger partial charge in [0, 0.05) is 54.9 Å². The molecule has 1 saturated carbocycles. The van der Waals surface area contributed by atoms with E-state index in [2.05, 4.69) is 0 Å². The van der Waals surface area contributed by atoms with E-state index in [0.29, 0.717) is 0 Å². The molecule has 0 aromatic rings. The van der Waals surface area contributed by atoms with Crippen LogP contribution in [0.3, 0.4) is 0 Å². The highest BCUT2D eigenvalue weighted by atomic mass is 16.7. The summed E-state index contributed by atoms with van der Waals surface area (Å²) in [6.07, 6.45) is -9.16. The first-order valence-corrected chi connectivity index (χ1v) is 10.8. The third-order valence-corrected chi connectivity index (χ3v) is 4.83. The summed E-state index contributed by atoms with van der Waals surface area (Å²) in [5.41, 5.74) is -2.24. The van der Waals surface area contributed by atoms with E-state index in [4.69, 9.17) is 33.2 Å². The fraction of sp³-hybridized carbons (Fsp3) is 0.682. The van der Waals surface area contributed by atoms with Gasteiger partial charge in [-0.3, -0.25) is 33.6 Å². The monoisotopic (exact) mass is 518 g/mol. The molecule has 0 heterocycles. The van der Waals surface area contributed by atoms with Gasteiger partial charge in [0.2, 0.25) is 0 Å². The molecule has 14 nitrogen and oxygen atoms in total. The highest BCUT2D eigenvalue weighted by Gasteiger charge is 2.69.